The first kappa shape index (κ1) is 14.2. The molecule has 2 heterocycles. The molecule has 3 rings (SSSR count). The van der Waals surface area contributed by atoms with Crippen molar-refractivity contribution >= 4 is 10.0 Å². The molecule has 0 radical (unpaired) electrons. The van der Waals surface area contributed by atoms with E-state index in [0.717, 1.165) is 6.07 Å². The van der Waals surface area contributed by atoms with Crippen molar-refractivity contribution < 1.29 is 17.3 Å². The van der Waals surface area contributed by atoms with Crippen LogP contribution >= 0.6 is 0 Å². The molecule has 6 nitrogen and oxygen atoms in total. The molecule has 1 saturated heterocycles. The fraction of sp³-hybridized carbons (Fsp3) is 0.385. The molecule has 0 amide bonds. The molecule has 0 spiro atoms. The number of nitrogens with zero attached hydrogens (tertiary/aromatic N) is 3. The summed E-state index contributed by atoms with van der Waals surface area (Å²) in [4.78, 5) is 3.83. The molecule has 1 fully saturated rings. The molecule has 0 aliphatic carbocycles. The summed E-state index contributed by atoms with van der Waals surface area (Å²) < 4.78 is 45.0. The Bertz CT molecular complexity index is 760. The van der Waals surface area contributed by atoms with Gasteiger partial charge in [-0.1, -0.05) is 17.3 Å². The van der Waals surface area contributed by atoms with E-state index in [9.17, 15) is 12.8 Å². The number of sulfonamides is 1. The highest BCUT2D eigenvalue weighted by molar-refractivity contribution is 7.89. The SMILES string of the molecule is Cc1noc([C@H]2CCN(S(=O)(=O)c3ccccc3F)C2)n1. The maximum Gasteiger partial charge on any atom is 0.246 e. The quantitative estimate of drug-likeness (QED) is 0.862. The summed E-state index contributed by atoms with van der Waals surface area (Å²) in [5.41, 5.74) is 0. The fourth-order valence-corrected chi connectivity index (χ4v) is 3.99. The number of aryl methyl sites for hydroxylation is 1. The third-order valence-electron chi connectivity index (χ3n) is 3.50. The van der Waals surface area contributed by atoms with E-state index in [0.29, 0.717) is 24.7 Å². The van der Waals surface area contributed by atoms with Crippen LogP contribution in [-0.4, -0.2) is 36.0 Å². The van der Waals surface area contributed by atoms with Gasteiger partial charge >= 0.3 is 0 Å². The summed E-state index contributed by atoms with van der Waals surface area (Å²) in [7, 11) is -3.84. The molecule has 0 unspecified atom stereocenters. The lowest BCUT2D eigenvalue weighted by atomic mass is 10.1. The second-order valence-corrected chi connectivity index (χ2v) is 6.87. The monoisotopic (exact) mass is 311 g/mol. The van der Waals surface area contributed by atoms with Gasteiger partial charge in [0.05, 0.1) is 5.92 Å². The van der Waals surface area contributed by atoms with Crippen LogP contribution in [0, 0.1) is 12.7 Å². The molecular formula is C13H14FN3O3S. The van der Waals surface area contributed by atoms with Gasteiger partial charge in [0.1, 0.15) is 10.7 Å². The molecule has 2 aromatic rings. The predicted octanol–water partition coefficient (Wildman–Crippen LogP) is 1.70. The van der Waals surface area contributed by atoms with Gasteiger partial charge in [-0.15, -0.1) is 0 Å². The minimum Gasteiger partial charge on any atom is -0.339 e. The van der Waals surface area contributed by atoms with E-state index < -0.39 is 15.8 Å². The van der Waals surface area contributed by atoms with Gasteiger partial charge in [-0.25, -0.2) is 12.8 Å². The molecule has 112 valence electrons. The zero-order chi connectivity index (χ0) is 15.0. The number of rotatable bonds is 3. The highest BCUT2D eigenvalue weighted by Gasteiger charge is 2.36. The maximum atomic E-state index is 13.7. The van der Waals surface area contributed by atoms with E-state index >= 15 is 0 Å². The van der Waals surface area contributed by atoms with E-state index in [1.165, 1.54) is 22.5 Å². The molecule has 1 aliphatic rings. The predicted molar refractivity (Wildman–Crippen MR) is 71.6 cm³/mol. The summed E-state index contributed by atoms with van der Waals surface area (Å²) >= 11 is 0. The topological polar surface area (TPSA) is 76.3 Å². The van der Waals surface area contributed by atoms with Crippen molar-refractivity contribution in [2.24, 2.45) is 0 Å². The van der Waals surface area contributed by atoms with Crippen LogP contribution < -0.4 is 0 Å². The normalized spacial score (nSPS) is 20.0. The van der Waals surface area contributed by atoms with E-state index in [4.69, 9.17) is 4.52 Å². The Morgan fingerprint density at radius 1 is 1.38 bits per heavy atom. The number of benzene rings is 1. The Morgan fingerprint density at radius 3 is 2.81 bits per heavy atom. The number of halogens is 1. The Balaban J connectivity index is 1.84. The summed E-state index contributed by atoms with van der Waals surface area (Å²) in [6.45, 7) is 2.23. The molecule has 8 heteroatoms. The van der Waals surface area contributed by atoms with Gasteiger partial charge in [0.2, 0.25) is 15.9 Å². The average Bonchev–Trinajstić information content (AvgIpc) is 3.07. The third-order valence-corrected chi connectivity index (χ3v) is 5.40. The molecule has 1 aliphatic heterocycles. The van der Waals surface area contributed by atoms with E-state index in [-0.39, 0.29) is 17.4 Å². The van der Waals surface area contributed by atoms with Gasteiger partial charge in [0.25, 0.3) is 0 Å². The van der Waals surface area contributed by atoms with Crippen molar-refractivity contribution in [3.05, 3.63) is 41.8 Å². The van der Waals surface area contributed by atoms with Crippen LogP contribution in [0.25, 0.3) is 0 Å². The van der Waals surface area contributed by atoms with Crippen molar-refractivity contribution in [2.75, 3.05) is 13.1 Å². The van der Waals surface area contributed by atoms with Gasteiger partial charge in [0.15, 0.2) is 5.82 Å². The molecule has 1 aromatic carbocycles. The lowest BCUT2D eigenvalue weighted by Crippen LogP contribution is -2.29. The summed E-state index contributed by atoms with van der Waals surface area (Å²) in [6.07, 6.45) is 0.579. The standard InChI is InChI=1S/C13H14FN3O3S/c1-9-15-13(20-16-9)10-6-7-17(8-10)21(18,19)12-5-3-2-4-11(12)14/h2-5,10H,6-8H2,1H3/t10-/m0/s1. The average molecular weight is 311 g/mol. The van der Waals surface area contributed by atoms with Gasteiger partial charge in [-0.3, -0.25) is 0 Å². The minimum atomic E-state index is -3.84. The van der Waals surface area contributed by atoms with E-state index in [1.54, 1.807) is 6.92 Å². The lowest BCUT2D eigenvalue weighted by molar-refractivity contribution is 0.351. The highest BCUT2D eigenvalue weighted by atomic mass is 32.2. The van der Waals surface area contributed by atoms with Gasteiger partial charge in [-0.05, 0) is 25.5 Å². The number of hydrogen-bond donors (Lipinski definition) is 0. The van der Waals surface area contributed by atoms with E-state index in [1.807, 2.05) is 0 Å². The highest BCUT2D eigenvalue weighted by Crippen LogP contribution is 2.30. The van der Waals surface area contributed by atoms with Crippen LogP contribution in [0.3, 0.4) is 0 Å². The van der Waals surface area contributed by atoms with Crippen molar-refractivity contribution in [1.82, 2.24) is 14.4 Å². The molecule has 0 bridgehead atoms. The van der Waals surface area contributed by atoms with Crippen molar-refractivity contribution in [3.63, 3.8) is 0 Å². The van der Waals surface area contributed by atoms with Crippen LogP contribution in [0.4, 0.5) is 4.39 Å². The summed E-state index contributed by atoms with van der Waals surface area (Å²) in [6, 6.07) is 5.38. The zero-order valence-electron chi connectivity index (χ0n) is 11.4. The fourth-order valence-electron chi connectivity index (χ4n) is 2.42. The number of hydrogen-bond acceptors (Lipinski definition) is 5. The molecule has 1 aromatic heterocycles. The first-order chi connectivity index (χ1) is 9.98. The smallest absolute Gasteiger partial charge is 0.246 e. The van der Waals surface area contributed by atoms with Crippen molar-refractivity contribution in [3.8, 4) is 0 Å². The largest absolute Gasteiger partial charge is 0.339 e. The van der Waals surface area contributed by atoms with Gasteiger partial charge in [-0.2, -0.15) is 9.29 Å². The van der Waals surface area contributed by atoms with Crippen LogP contribution in [-0.2, 0) is 10.0 Å². The van der Waals surface area contributed by atoms with E-state index in [2.05, 4.69) is 10.1 Å². The van der Waals surface area contributed by atoms with Gasteiger partial charge < -0.3 is 4.52 Å². The van der Waals surface area contributed by atoms with Crippen LogP contribution in [0.15, 0.2) is 33.7 Å². The maximum absolute atomic E-state index is 13.7. The Hall–Kier alpha value is -1.80. The lowest BCUT2D eigenvalue weighted by Gasteiger charge is -2.16. The van der Waals surface area contributed by atoms with Crippen molar-refractivity contribution in [2.45, 2.75) is 24.2 Å². The van der Waals surface area contributed by atoms with Crippen LogP contribution in [0.5, 0.6) is 0 Å². The summed E-state index contributed by atoms with van der Waals surface area (Å²) in [5, 5.41) is 3.71. The first-order valence-corrected chi connectivity index (χ1v) is 7.97. The molecule has 21 heavy (non-hydrogen) atoms. The van der Waals surface area contributed by atoms with Crippen molar-refractivity contribution in [1.29, 1.82) is 0 Å². The molecule has 0 N–H and O–H groups in total. The summed E-state index contributed by atoms with van der Waals surface area (Å²) in [5.74, 6) is 0.0569. The van der Waals surface area contributed by atoms with Crippen LogP contribution in [0.2, 0.25) is 0 Å². The first-order valence-electron chi connectivity index (χ1n) is 6.53. The Labute approximate surface area is 121 Å². The molecular weight excluding hydrogens is 297 g/mol. The third kappa shape index (κ3) is 2.56. The zero-order valence-corrected chi connectivity index (χ0v) is 12.2. The second kappa shape index (κ2) is 5.19. The van der Waals surface area contributed by atoms with Gasteiger partial charge in [0, 0.05) is 13.1 Å². The molecule has 1 atom stereocenters. The Morgan fingerprint density at radius 2 is 2.14 bits per heavy atom. The number of aromatic nitrogens is 2. The Kier molecular flexibility index (Phi) is 3.50. The minimum absolute atomic E-state index is 0.146. The van der Waals surface area contributed by atoms with Crippen LogP contribution in [0.1, 0.15) is 24.1 Å². The second-order valence-electron chi connectivity index (χ2n) is 4.96. The molecule has 0 saturated carbocycles.